The van der Waals surface area contributed by atoms with Crippen LogP contribution in [-0.4, -0.2) is 61.0 Å². The molecule has 0 unspecified atom stereocenters. The number of ether oxygens (including phenoxy) is 1. The number of amides is 2. The number of nitrogens with two attached hydrogens (primary N) is 1. The van der Waals surface area contributed by atoms with Gasteiger partial charge in [0.25, 0.3) is 11.8 Å². The summed E-state index contributed by atoms with van der Waals surface area (Å²) in [7, 11) is 0. The Balaban J connectivity index is 1.61. The summed E-state index contributed by atoms with van der Waals surface area (Å²) in [6.45, 7) is 10.0. The summed E-state index contributed by atoms with van der Waals surface area (Å²) in [5.41, 5.74) is 12.2. The zero-order valence-electron chi connectivity index (χ0n) is 29.4. The highest BCUT2D eigenvalue weighted by molar-refractivity contribution is 6.05. The van der Waals surface area contributed by atoms with E-state index in [1.165, 1.54) is 0 Å². The first-order valence-corrected chi connectivity index (χ1v) is 17.2. The fourth-order valence-corrected chi connectivity index (χ4v) is 6.12. The first kappa shape index (κ1) is 36.6. The van der Waals surface area contributed by atoms with E-state index < -0.39 is 23.8 Å². The van der Waals surface area contributed by atoms with Crippen molar-refractivity contribution < 1.29 is 33.2 Å². The molecule has 0 atom stereocenters. The third kappa shape index (κ3) is 8.72. The molecule has 2 aromatic carbocycles. The van der Waals surface area contributed by atoms with Crippen molar-refractivity contribution in [1.29, 1.82) is 5.41 Å². The zero-order valence-corrected chi connectivity index (χ0v) is 29.4. The number of anilines is 1. The Morgan fingerprint density at radius 1 is 0.961 bits per heavy atom. The first-order valence-electron chi connectivity index (χ1n) is 17.2. The van der Waals surface area contributed by atoms with Gasteiger partial charge in [-0.1, -0.05) is 18.2 Å². The molecule has 51 heavy (non-hydrogen) atoms. The van der Waals surface area contributed by atoms with E-state index in [0.29, 0.717) is 65.6 Å². The third-order valence-corrected chi connectivity index (χ3v) is 8.55. The molecule has 13 nitrogen and oxygen atoms in total. The van der Waals surface area contributed by atoms with Crippen LogP contribution in [0.4, 0.5) is 5.69 Å². The predicted molar refractivity (Wildman–Crippen MR) is 193 cm³/mol. The fraction of sp³-hybridized carbons (Fsp3) is 0.368. The molecule has 268 valence electrons. The third-order valence-electron chi connectivity index (χ3n) is 8.55. The van der Waals surface area contributed by atoms with E-state index in [-0.39, 0.29) is 38.2 Å². The van der Waals surface area contributed by atoms with Crippen LogP contribution in [-0.2, 0) is 41.6 Å². The van der Waals surface area contributed by atoms with Crippen LogP contribution < -0.4 is 21.7 Å². The molecular weight excluding hydrogens is 652 g/mol. The Morgan fingerprint density at radius 2 is 1.73 bits per heavy atom. The summed E-state index contributed by atoms with van der Waals surface area (Å²) in [6, 6.07) is 13.3. The number of unbranched alkanes of at least 4 members (excludes halogenated alkanes) is 1. The van der Waals surface area contributed by atoms with Crippen molar-refractivity contribution in [3.63, 3.8) is 0 Å². The molecule has 0 spiro atoms. The van der Waals surface area contributed by atoms with Gasteiger partial charge < -0.3 is 30.4 Å². The lowest BCUT2D eigenvalue weighted by Crippen LogP contribution is -2.32. The number of fused-ring (bicyclic) bond motifs is 2. The van der Waals surface area contributed by atoms with E-state index in [1.54, 1.807) is 12.1 Å². The number of nitrogens with zero attached hydrogens (tertiary/aromatic N) is 2. The molecule has 5 rings (SSSR count). The molecule has 5 N–H and O–H groups in total. The minimum absolute atomic E-state index is 0.0111. The van der Waals surface area contributed by atoms with Crippen LogP contribution in [0.25, 0.3) is 33.4 Å². The normalized spacial score (nSPS) is 13.3. The van der Waals surface area contributed by atoms with Crippen molar-refractivity contribution >= 4 is 46.4 Å². The molecule has 1 saturated heterocycles. The Hall–Kier alpha value is -5.72. The number of nitrogens with one attached hydrogen (secondary N) is 3. The Kier molecular flexibility index (Phi) is 11.7. The first-order chi connectivity index (χ1) is 24.5. The van der Waals surface area contributed by atoms with Gasteiger partial charge in [0.15, 0.2) is 5.96 Å². The number of hydrogen-bond acceptors (Lipinski definition) is 10. The molecule has 2 aromatic rings. The Bertz CT molecular complexity index is 2020. The molecule has 2 amide bonds. The molecule has 0 radical (unpaired) electrons. The van der Waals surface area contributed by atoms with Crippen molar-refractivity contribution in [2.24, 2.45) is 10.7 Å². The van der Waals surface area contributed by atoms with E-state index in [4.69, 9.17) is 25.1 Å². The molecule has 0 aromatic heterocycles. The van der Waals surface area contributed by atoms with E-state index >= 15 is 0 Å². The molecular formula is C38H44N6O7. The number of guanidine groups is 1. The summed E-state index contributed by atoms with van der Waals surface area (Å²) in [5.74, 6) is -1.82. The molecule has 1 fully saturated rings. The lowest BCUT2D eigenvalue weighted by atomic mass is 9.87. The summed E-state index contributed by atoms with van der Waals surface area (Å²) in [6.07, 6.45) is 0.987. The van der Waals surface area contributed by atoms with Gasteiger partial charge in [0.1, 0.15) is 11.3 Å². The number of imide groups is 1. The lowest BCUT2D eigenvalue weighted by molar-refractivity contribution is -0.197. The van der Waals surface area contributed by atoms with Gasteiger partial charge >= 0.3 is 11.9 Å². The zero-order chi connectivity index (χ0) is 36.7. The summed E-state index contributed by atoms with van der Waals surface area (Å²) in [4.78, 5) is 60.6. The smallest absolute Gasteiger partial charge is 0.337 e. The van der Waals surface area contributed by atoms with Gasteiger partial charge in [-0.15, -0.1) is 5.06 Å². The van der Waals surface area contributed by atoms with Gasteiger partial charge in [0.2, 0.25) is 0 Å². The number of carbonyl (C=O) groups excluding carboxylic acids is 4. The van der Waals surface area contributed by atoms with Crippen LogP contribution in [0.5, 0.6) is 0 Å². The van der Waals surface area contributed by atoms with Crippen LogP contribution in [0.2, 0.25) is 0 Å². The van der Waals surface area contributed by atoms with E-state index in [2.05, 4.69) is 15.6 Å². The maximum Gasteiger partial charge on any atom is 0.337 e. The minimum atomic E-state index is -0.772. The van der Waals surface area contributed by atoms with Crippen LogP contribution in [0.3, 0.4) is 0 Å². The SMILES string of the molecule is CC/N=c1\cc2oc3cc(NCC)c(C)cc3c(-c3cc(CC(=O)OCCCCNC(=N)N)ccc3CC(=O)ON3C(=O)CCC3=O)c-2cc1C. The number of benzene rings is 3. The van der Waals surface area contributed by atoms with Gasteiger partial charge in [-0.2, -0.15) is 0 Å². The second-order valence-electron chi connectivity index (χ2n) is 12.4. The summed E-state index contributed by atoms with van der Waals surface area (Å²) < 4.78 is 12.0. The van der Waals surface area contributed by atoms with Gasteiger partial charge in [0.05, 0.1) is 24.8 Å². The number of rotatable bonds is 14. The van der Waals surface area contributed by atoms with Gasteiger partial charge in [-0.3, -0.25) is 24.8 Å². The highest BCUT2D eigenvalue weighted by Gasteiger charge is 2.33. The van der Waals surface area contributed by atoms with E-state index in [1.807, 2.05) is 58.0 Å². The van der Waals surface area contributed by atoms with Crippen LogP contribution in [0, 0.1) is 19.3 Å². The number of esters is 1. The highest BCUT2D eigenvalue weighted by atomic mass is 16.7. The average Bonchev–Trinajstić information content (AvgIpc) is 3.39. The van der Waals surface area contributed by atoms with Crippen LogP contribution >= 0.6 is 0 Å². The van der Waals surface area contributed by atoms with E-state index in [9.17, 15) is 19.2 Å². The Labute approximate surface area is 296 Å². The highest BCUT2D eigenvalue weighted by Crippen LogP contribution is 2.43. The van der Waals surface area contributed by atoms with Crippen LogP contribution in [0.15, 0.2) is 51.9 Å². The fourth-order valence-electron chi connectivity index (χ4n) is 6.12. The number of hydroxylamine groups is 2. The molecule has 1 aliphatic carbocycles. The second-order valence-corrected chi connectivity index (χ2v) is 12.4. The maximum absolute atomic E-state index is 13.3. The molecule has 13 heteroatoms. The largest absolute Gasteiger partial charge is 0.465 e. The minimum Gasteiger partial charge on any atom is -0.465 e. The van der Waals surface area contributed by atoms with Crippen molar-refractivity contribution in [3.05, 3.63) is 70.1 Å². The topological polar surface area (TPSA) is 189 Å². The number of hydrogen-bond donors (Lipinski definition) is 4. The summed E-state index contributed by atoms with van der Waals surface area (Å²) in [5, 5.41) is 15.5. The molecule has 0 bridgehead atoms. The molecule has 0 saturated carbocycles. The van der Waals surface area contributed by atoms with Crippen molar-refractivity contribution in [3.8, 4) is 22.5 Å². The van der Waals surface area contributed by atoms with Crippen molar-refractivity contribution in [2.45, 2.75) is 66.2 Å². The second kappa shape index (κ2) is 16.3. The lowest BCUT2D eigenvalue weighted by Gasteiger charge is -2.21. The van der Waals surface area contributed by atoms with Crippen molar-refractivity contribution in [2.75, 3.05) is 31.6 Å². The summed E-state index contributed by atoms with van der Waals surface area (Å²) >= 11 is 0. The molecule has 2 heterocycles. The number of carbonyl (C=O) groups is 4. The maximum atomic E-state index is 13.3. The van der Waals surface area contributed by atoms with Gasteiger partial charge in [0, 0.05) is 66.8 Å². The molecule has 2 aliphatic heterocycles. The average molecular weight is 697 g/mol. The monoisotopic (exact) mass is 696 g/mol. The van der Waals surface area contributed by atoms with Crippen LogP contribution in [0.1, 0.15) is 61.8 Å². The van der Waals surface area contributed by atoms with Gasteiger partial charge in [-0.05, 0) is 80.5 Å². The number of aryl methyl sites for hydroxylation is 2. The standard InChI is InChI=1S/C38H44N6O7/c1-5-41-29-20-31-27(15-22(29)3)37(28-16-23(4)30(42-6-2)21-32(28)50-31)26-17-24(18-35(47)49-14-8-7-13-43-38(39)40)9-10-25(26)19-36(48)51-44-33(45)11-12-34(44)46/h9-10,15-17,20-21,41H,5-8,11-14,18-19H2,1-4H3,(H4,39,40,43)/b42-30+. The van der Waals surface area contributed by atoms with Crippen molar-refractivity contribution in [1.82, 2.24) is 10.4 Å². The van der Waals surface area contributed by atoms with Gasteiger partial charge in [-0.25, -0.2) is 4.79 Å². The quantitative estimate of drug-likeness (QED) is 0.0360. The predicted octanol–water partition coefficient (Wildman–Crippen LogP) is 4.67. The molecule has 3 aliphatic rings. The van der Waals surface area contributed by atoms with E-state index in [0.717, 1.165) is 38.7 Å². The Morgan fingerprint density at radius 3 is 2.43 bits per heavy atom.